The van der Waals surface area contributed by atoms with Crippen LogP contribution in [0, 0.1) is 11.8 Å². The summed E-state index contributed by atoms with van der Waals surface area (Å²) in [6.07, 6.45) is 7.33. The molecule has 4 heteroatoms. The van der Waals surface area contributed by atoms with Gasteiger partial charge in [0, 0.05) is 0 Å². The first-order valence-electron chi connectivity index (χ1n) is 7.91. The summed E-state index contributed by atoms with van der Waals surface area (Å²) in [6, 6.07) is -0.0499. The van der Waals surface area contributed by atoms with E-state index >= 15 is 0 Å². The summed E-state index contributed by atoms with van der Waals surface area (Å²) in [5.74, 6) is 2.45. The van der Waals surface area contributed by atoms with Gasteiger partial charge in [0.1, 0.15) is 5.78 Å². The average molecular weight is 318 g/mol. The van der Waals surface area contributed by atoms with Gasteiger partial charge in [0.15, 0.2) is 0 Å². The largest absolute Gasteiger partial charge is 0.298 e. The zero-order chi connectivity index (χ0) is 15.3. The fourth-order valence-electron chi connectivity index (χ4n) is 3.50. The standard InChI is InChI=1S/C16H31NOS2/c1-12-15(8-5-6-11-19)9-7-10-16(12,20)17(4)13(2)14(3)18/h12-13,15,19-20H,5-11H2,1-4H3. The Morgan fingerprint density at radius 1 is 1.45 bits per heavy atom. The maximum Gasteiger partial charge on any atom is 0.146 e. The van der Waals surface area contributed by atoms with Crippen LogP contribution in [0.15, 0.2) is 0 Å². The average Bonchev–Trinajstić information content (AvgIpc) is 2.42. The van der Waals surface area contributed by atoms with Crippen molar-refractivity contribution in [3.8, 4) is 0 Å². The molecule has 4 unspecified atom stereocenters. The van der Waals surface area contributed by atoms with E-state index in [9.17, 15) is 4.79 Å². The minimum absolute atomic E-state index is 0.0499. The van der Waals surface area contributed by atoms with Crippen LogP contribution in [0.25, 0.3) is 0 Å². The highest BCUT2D eigenvalue weighted by atomic mass is 32.1. The van der Waals surface area contributed by atoms with Crippen LogP contribution >= 0.6 is 25.3 Å². The van der Waals surface area contributed by atoms with Crippen molar-refractivity contribution in [3.63, 3.8) is 0 Å². The molecule has 4 atom stereocenters. The Kier molecular flexibility index (Phi) is 7.44. The second kappa shape index (κ2) is 8.09. The molecule has 0 N–H and O–H groups in total. The number of likely N-dealkylation sites (N-methyl/N-ethyl adjacent to an activating group) is 1. The molecule has 1 saturated carbocycles. The molecule has 1 aliphatic rings. The van der Waals surface area contributed by atoms with Crippen LogP contribution in [0.2, 0.25) is 0 Å². The lowest BCUT2D eigenvalue weighted by Gasteiger charge is -2.50. The third kappa shape index (κ3) is 4.17. The number of carbonyl (C=O) groups excluding carboxylic acids is 1. The molecule has 0 amide bonds. The number of hydrogen-bond donors (Lipinski definition) is 2. The van der Waals surface area contributed by atoms with Crippen LogP contribution in [0.3, 0.4) is 0 Å². The Labute approximate surface area is 135 Å². The predicted octanol–water partition coefficient (Wildman–Crippen LogP) is 4.06. The molecule has 0 spiro atoms. The number of nitrogens with zero attached hydrogens (tertiary/aromatic N) is 1. The third-order valence-corrected chi connectivity index (χ3v) is 6.58. The summed E-state index contributed by atoms with van der Waals surface area (Å²) >= 11 is 9.33. The van der Waals surface area contributed by atoms with Crippen LogP contribution in [-0.2, 0) is 4.79 Å². The fraction of sp³-hybridized carbons (Fsp3) is 0.938. The summed E-state index contributed by atoms with van der Waals surface area (Å²) in [7, 11) is 2.06. The molecule has 1 fully saturated rings. The van der Waals surface area contributed by atoms with Gasteiger partial charge in [-0.15, -0.1) is 0 Å². The smallest absolute Gasteiger partial charge is 0.146 e. The van der Waals surface area contributed by atoms with Crippen LogP contribution in [0.1, 0.15) is 59.3 Å². The van der Waals surface area contributed by atoms with Crippen LogP contribution in [0.5, 0.6) is 0 Å². The maximum absolute atomic E-state index is 11.7. The summed E-state index contributed by atoms with van der Waals surface area (Å²) in [5.41, 5.74) is 0. The summed E-state index contributed by atoms with van der Waals surface area (Å²) in [5, 5.41) is 0. The van der Waals surface area contributed by atoms with Gasteiger partial charge in [-0.05, 0) is 57.7 Å². The first kappa shape index (κ1) is 18.4. The SMILES string of the molecule is CC(=O)C(C)N(C)C1(S)CCCC(CCCCS)C1C. The first-order valence-corrected chi connectivity index (χ1v) is 8.99. The quantitative estimate of drug-likeness (QED) is 0.419. The van der Waals surface area contributed by atoms with Crippen molar-refractivity contribution in [2.75, 3.05) is 12.8 Å². The molecule has 0 aliphatic heterocycles. The van der Waals surface area contributed by atoms with E-state index < -0.39 is 0 Å². The minimum atomic E-state index is -0.144. The Morgan fingerprint density at radius 3 is 2.65 bits per heavy atom. The van der Waals surface area contributed by atoms with Gasteiger partial charge in [-0.3, -0.25) is 9.69 Å². The van der Waals surface area contributed by atoms with Crippen molar-refractivity contribution in [3.05, 3.63) is 0 Å². The van der Waals surface area contributed by atoms with Gasteiger partial charge < -0.3 is 0 Å². The van der Waals surface area contributed by atoms with Gasteiger partial charge in [-0.1, -0.05) is 26.2 Å². The normalized spacial score (nSPS) is 32.4. The fourth-order valence-corrected chi connectivity index (χ4v) is 4.26. The molecule has 0 bridgehead atoms. The lowest BCUT2D eigenvalue weighted by atomic mass is 9.73. The lowest BCUT2D eigenvalue weighted by Crippen LogP contribution is -2.56. The van der Waals surface area contributed by atoms with Gasteiger partial charge in [0.05, 0.1) is 10.9 Å². The molecule has 20 heavy (non-hydrogen) atoms. The topological polar surface area (TPSA) is 20.3 Å². The molecule has 0 saturated heterocycles. The van der Waals surface area contributed by atoms with E-state index in [2.05, 4.69) is 31.5 Å². The van der Waals surface area contributed by atoms with E-state index in [1.165, 1.54) is 32.1 Å². The molecule has 0 aromatic heterocycles. The Bertz CT molecular complexity index is 324. The molecule has 118 valence electrons. The molecular weight excluding hydrogens is 286 g/mol. The van der Waals surface area contributed by atoms with E-state index in [1.54, 1.807) is 6.92 Å². The molecule has 0 aromatic carbocycles. The van der Waals surface area contributed by atoms with Gasteiger partial charge in [0.25, 0.3) is 0 Å². The lowest BCUT2D eigenvalue weighted by molar-refractivity contribution is -0.123. The number of carbonyl (C=O) groups is 1. The van der Waals surface area contributed by atoms with E-state index in [0.29, 0.717) is 5.92 Å². The Morgan fingerprint density at radius 2 is 2.10 bits per heavy atom. The summed E-state index contributed by atoms with van der Waals surface area (Å²) < 4.78 is 0. The van der Waals surface area contributed by atoms with E-state index in [-0.39, 0.29) is 16.7 Å². The zero-order valence-corrected chi connectivity index (χ0v) is 15.2. The number of hydrogen-bond acceptors (Lipinski definition) is 4. The number of ketones is 1. The second-order valence-electron chi connectivity index (χ2n) is 6.44. The van der Waals surface area contributed by atoms with Crippen molar-refractivity contribution in [1.82, 2.24) is 4.90 Å². The van der Waals surface area contributed by atoms with E-state index in [0.717, 1.165) is 18.1 Å². The predicted molar refractivity (Wildman–Crippen MR) is 93.8 cm³/mol. The number of thiol groups is 2. The highest BCUT2D eigenvalue weighted by Crippen LogP contribution is 2.46. The molecule has 2 nitrogen and oxygen atoms in total. The monoisotopic (exact) mass is 317 g/mol. The van der Waals surface area contributed by atoms with E-state index in [1.807, 2.05) is 6.92 Å². The number of Topliss-reactive ketones (excluding diaryl/α,β-unsaturated/α-hetero) is 1. The van der Waals surface area contributed by atoms with Crippen molar-refractivity contribution in [2.45, 2.75) is 70.2 Å². The zero-order valence-electron chi connectivity index (χ0n) is 13.4. The Balaban J connectivity index is 2.74. The first-order chi connectivity index (χ1) is 9.34. The third-order valence-electron chi connectivity index (χ3n) is 5.32. The number of unbranched alkanes of at least 4 members (excludes halogenated alkanes) is 1. The van der Waals surface area contributed by atoms with E-state index in [4.69, 9.17) is 12.6 Å². The van der Waals surface area contributed by atoms with Gasteiger partial charge in [-0.25, -0.2) is 0 Å². The van der Waals surface area contributed by atoms with Crippen molar-refractivity contribution in [1.29, 1.82) is 0 Å². The molecule has 1 rings (SSSR count). The second-order valence-corrected chi connectivity index (χ2v) is 7.66. The van der Waals surface area contributed by atoms with Gasteiger partial charge >= 0.3 is 0 Å². The highest BCUT2D eigenvalue weighted by molar-refractivity contribution is 7.81. The molecule has 1 aliphatic carbocycles. The summed E-state index contributed by atoms with van der Waals surface area (Å²) in [4.78, 5) is 13.7. The van der Waals surface area contributed by atoms with Crippen molar-refractivity contribution in [2.24, 2.45) is 11.8 Å². The highest BCUT2D eigenvalue weighted by Gasteiger charge is 2.44. The van der Waals surface area contributed by atoms with Crippen LogP contribution < -0.4 is 0 Å². The Hall–Kier alpha value is 0.330. The van der Waals surface area contributed by atoms with Crippen LogP contribution in [0.4, 0.5) is 0 Å². The van der Waals surface area contributed by atoms with Crippen molar-refractivity contribution >= 4 is 31.0 Å². The van der Waals surface area contributed by atoms with Gasteiger partial charge in [0.2, 0.25) is 0 Å². The maximum atomic E-state index is 11.7. The van der Waals surface area contributed by atoms with Crippen molar-refractivity contribution < 1.29 is 4.79 Å². The number of rotatable bonds is 7. The molecule has 0 heterocycles. The molecular formula is C16H31NOS2. The molecule has 0 aromatic rings. The van der Waals surface area contributed by atoms with Crippen LogP contribution in [-0.4, -0.2) is 34.4 Å². The molecule has 0 radical (unpaired) electrons. The van der Waals surface area contributed by atoms with Gasteiger partial charge in [-0.2, -0.15) is 25.3 Å². The minimum Gasteiger partial charge on any atom is -0.298 e. The summed E-state index contributed by atoms with van der Waals surface area (Å²) in [6.45, 7) is 5.99.